The standard InChI is InChI=1S/C21H20N2O2S/c1-2-16-12-13-17(26-16)14-22-21(25)18-10-6-7-11-19(18)23-20(24)15-8-4-3-5-9-15/h3-13H,2,14H2,1H3,(H,22,25)(H,23,24). The van der Waals surface area contributed by atoms with E-state index >= 15 is 0 Å². The van der Waals surface area contributed by atoms with E-state index in [2.05, 4.69) is 23.6 Å². The second kappa shape index (κ2) is 8.45. The maximum Gasteiger partial charge on any atom is 0.255 e. The highest BCUT2D eigenvalue weighted by atomic mass is 32.1. The van der Waals surface area contributed by atoms with E-state index in [0.29, 0.717) is 23.4 Å². The summed E-state index contributed by atoms with van der Waals surface area (Å²) < 4.78 is 0. The highest BCUT2D eigenvalue weighted by Crippen LogP contribution is 2.19. The molecule has 0 aliphatic heterocycles. The molecule has 0 spiro atoms. The quantitative estimate of drug-likeness (QED) is 0.677. The fraction of sp³-hybridized carbons (Fsp3) is 0.143. The maximum atomic E-state index is 12.6. The van der Waals surface area contributed by atoms with Crippen LogP contribution in [-0.2, 0) is 13.0 Å². The first-order valence-corrected chi connectivity index (χ1v) is 9.30. The number of carbonyl (C=O) groups is 2. The fourth-order valence-electron chi connectivity index (χ4n) is 2.54. The Hall–Kier alpha value is -2.92. The van der Waals surface area contributed by atoms with Crippen molar-refractivity contribution in [1.82, 2.24) is 5.32 Å². The number of amides is 2. The van der Waals surface area contributed by atoms with E-state index < -0.39 is 0 Å². The minimum Gasteiger partial charge on any atom is -0.347 e. The van der Waals surface area contributed by atoms with Crippen molar-refractivity contribution in [1.29, 1.82) is 0 Å². The van der Waals surface area contributed by atoms with Crippen molar-refractivity contribution in [2.24, 2.45) is 0 Å². The van der Waals surface area contributed by atoms with Gasteiger partial charge in [-0.15, -0.1) is 11.3 Å². The van der Waals surface area contributed by atoms with Crippen molar-refractivity contribution in [3.8, 4) is 0 Å². The van der Waals surface area contributed by atoms with Gasteiger partial charge >= 0.3 is 0 Å². The summed E-state index contributed by atoms with van der Waals surface area (Å²) >= 11 is 1.70. The van der Waals surface area contributed by atoms with Crippen LogP contribution in [0.4, 0.5) is 5.69 Å². The molecule has 4 nitrogen and oxygen atoms in total. The number of hydrogen-bond acceptors (Lipinski definition) is 3. The van der Waals surface area contributed by atoms with Crippen LogP contribution in [0.25, 0.3) is 0 Å². The van der Waals surface area contributed by atoms with Crippen LogP contribution >= 0.6 is 11.3 Å². The van der Waals surface area contributed by atoms with Crippen LogP contribution in [0.5, 0.6) is 0 Å². The van der Waals surface area contributed by atoms with E-state index in [1.165, 1.54) is 4.88 Å². The average molecular weight is 364 g/mol. The summed E-state index contributed by atoms with van der Waals surface area (Å²) in [5.74, 6) is -0.447. The van der Waals surface area contributed by atoms with Crippen molar-refractivity contribution in [2.45, 2.75) is 19.9 Å². The van der Waals surface area contributed by atoms with Crippen molar-refractivity contribution < 1.29 is 9.59 Å². The Labute approximate surface area is 156 Å². The zero-order valence-corrected chi connectivity index (χ0v) is 15.3. The van der Waals surface area contributed by atoms with Crippen molar-refractivity contribution >= 4 is 28.8 Å². The molecule has 0 bridgehead atoms. The number of nitrogens with one attached hydrogen (secondary N) is 2. The molecular formula is C21H20N2O2S. The van der Waals surface area contributed by atoms with E-state index in [4.69, 9.17) is 0 Å². The number of anilines is 1. The third-order valence-corrected chi connectivity index (χ3v) is 5.17. The third kappa shape index (κ3) is 4.37. The second-order valence-electron chi connectivity index (χ2n) is 5.77. The molecule has 1 heterocycles. The number of thiophene rings is 1. The minimum absolute atomic E-state index is 0.208. The second-order valence-corrected chi connectivity index (χ2v) is 7.02. The van der Waals surface area contributed by atoms with Gasteiger partial charge in [0, 0.05) is 15.3 Å². The van der Waals surface area contributed by atoms with Gasteiger partial charge in [0.05, 0.1) is 17.8 Å². The number of carbonyl (C=O) groups excluding carboxylic acids is 2. The fourth-order valence-corrected chi connectivity index (χ4v) is 3.44. The molecule has 132 valence electrons. The van der Waals surface area contributed by atoms with Gasteiger partial charge in [-0.05, 0) is 42.8 Å². The van der Waals surface area contributed by atoms with Gasteiger partial charge in [-0.2, -0.15) is 0 Å². The van der Waals surface area contributed by atoms with E-state index in [0.717, 1.165) is 11.3 Å². The molecule has 3 aromatic rings. The average Bonchev–Trinajstić information content (AvgIpc) is 3.15. The lowest BCUT2D eigenvalue weighted by molar-refractivity contribution is 0.0952. The Bertz CT molecular complexity index is 903. The van der Waals surface area contributed by atoms with Gasteiger partial charge < -0.3 is 10.6 Å². The van der Waals surface area contributed by atoms with Crippen LogP contribution in [0.1, 0.15) is 37.4 Å². The van der Waals surface area contributed by atoms with Crippen molar-refractivity contribution in [2.75, 3.05) is 5.32 Å². The molecule has 26 heavy (non-hydrogen) atoms. The van der Waals surface area contributed by atoms with Crippen LogP contribution in [0.2, 0.25) is 0 Å². The van der Waals surface area contributed by atoms with Gasteiger partial charge in [0.25, 0.3) is 11.8 Å². The van der Waals surface area contributed by atoms with E-state index in [9.17, 15) is 9.59 Å². The molecule has 0 radical (unpaired) electrons. The largest absolute Gasteiger partial charge is 0.347 e. The lowest BCUT2D eigenvalue weighted by Crippen LogP contribution is -2.24. The SMILES string of the molecule is CCc1ccc(CNC(=O)c2ccccc2NC(=O)c2ccccc2)s1. The lowest BCUT2D eigenvalue weighted by Gasteiger charge is -2.11. The van der Waals surface area contributed by atoms with E-state index in [1.807, 2.05) is 12.1 Å². The summed E-state index contributed by atoms with van der Waals surface area (Å²) in [5, 5.41) is 5.75. The Morgan fingerprint density at radius 2 is 1.54 bits per heavy atom. The zero-order chi connectivity index (χ0) is 18.4. The first kappa shape index (κ1) is 17.9. The first-order valence-electron chi connectivity index (χ1n) is 8.48. The number of rotatable bonds is 6. The van der Waals surface area contributed by atoms with Crippen LogP contribution < -0.4 is 10.6 Å². The van der Waals surface area contributed by atoms with Gasteiger partial charge in [0.15, 0.2) is 0 Å². The maximum absolute atomic E-state index is 12.6. The molecule has 0 unspecified atom stereocenters. The summed E-state index contributed by atoms with van der Waals surface area (Å²) in [4.78, 5) is 27.3. The molecule has 0 fully saturated rings. The normalized spacial score (nSPS) is 10.3. The van der Waals surface area contributed by atoms with Crippen LogP contribution in [0, 0.1) is 0 Å². The highest BCUT2D eigenvalue weighted by molar-refractivity contribution is 7.11. The Morgan fingerprint density at radius 3 is 2.27 bits per heavy atom. The molecular weight excluding hydrogens is 344 g/mol. The van der Waals surface area contributed by atoms with Gasteiger partial charge in [-0.1, -0.05) is 37.3 Å². The molecule has 2 amide bonds. The van der Waals surface area contributed by atoms with Crippen LogP contribution in [-0.4, -0.2) is 11.8 Å². The van der Waals surface area contributed by atoms with Crippen molar-refractivity contribution in [3.63, 3.8) is 0 Å². The number of benzene rings is 2. The van der Waals surface area contributed by atoms with Crippen LogP contribution in [0.3, 0.4) is 0 Å². The molecule has 2 N–H and O–H groups in total. The molecule has 0 saturated heterocycles. The summed E-state index contributed by atoms with van der Waals surface area (Å²) in [7, 11) is 0. The highest BCUT2D eigenvalue weighted by Gasteiger charge is 2.14. The van der Waals surface area contributed by atoms with Gasteiger partial charge in [0.2, 0.25) is 0 Å². The number of para-hydroxylation sites is 1. The zero-order valence-electron chi connectivity index (χ0n) is 14.5. The monoisotopic (exact) mass is 364 g/mol. The molecule has 0 atom stereocenters. The van der Waals surface area contributed by atoms with E-state index in [-0.39, 0.29) is 11.8 Å². The lowest BCUT2D eigenvalue weighted by atomic mass is 10.1. The molecule has 0 saturated carbocycles. The Balaban J connectivity index is 1.69. The number of hydrogen-bond donors (Lipinski definition) is 2. The Morgan fingerprint density at radius 1 is 0.846 bits per heavy atom. The van der Waals surface area contributed by atoms with Gasteiger partial charge in [-0.3, -0.25) is 9.59 Å². The Kier molecular flexibility index (Phi) is 5.81. The summed E-state index contributed by atoms with van der Waals surface area (Å²) in [5.41, 5.74) is 1.50. The third-order valence-electron chi connectivity index (χ3n) is 3.94. The molecule has 3 rings (SSSR count). The predicted molar refractivity (Wildman–Crippen MR) is 106 cm³/mol. The summed E-state index contributed by atoms with van der Waals surface area (Å²) in [6, 6.07) is 20.1. The molecule has 1 aromatic heterocycles. The molecule has 0 aliphatic rings. The molecule has 5 heteroatoms. The van der Waals surface area contributed by atoms with Gasteiger partial charge in [-0.25, -0.2) is 0 Å². The molecule has 0 aliphatic carbocycles. The number of aryl methyl sites for hydroxylation is 1. The first-order chi connectivity index (χ1) is 12.7. The smallest absolute Gasteiger partial charge is 0.255 e. The topological polar surface area (TPSA) is 58.2 Å². The van der Waals surface area contributed by atoms with Crippen molar-refractivity contribution in [3.05, 3.63) is 87.6 Å². The van der Waals surface area contributed by atoms with Crippen LogP contribution in [0.15, 0.2) is 66.7 Å². The van der Waals surface area contributed by atoms with E-state index in [1.54, 1.807) is 59.9 Å². The minimum atomic E-state index is -0.239. The summed E-state index contributed by atoms with van der Waals surface area (Å²) in [6.45, 7) is 2.59. The predicted octanol–water partition coefficient (Wildman–Crippen LogP) is 4.49. The van der Waals surface area contributed by atoms with Gasteiger partial charge in [0.1, 0.15) is 0 Å². The summed E-state index contributed by atoms with van der Waals surface area (Å²) in [6.07, 6.45) is 0.993. The molecule has 2 aromatic carbocycles.